The van der Waals surface area contributed by atoms with E-state index in [0.717, 1.165) is 12.8 Å². The van der Waals surface area contributed by atoms with Crippen LogP contribution in [-0.4, -0.2) is 33.0 Å². The van der Waals surface area contributed by atoms with Gasteiger partial charge in [0.1, 0.15) is 0 Å². The topological polar surface area (TPSA) is 46.2 Å². The van der Waals surface area contributed by atoms with E-state index in [0.29, 0.717) is 23.5 Å². The van der Waals surface area contributed by atoms with Gasteiger partial charge in [0.2, 0.25) is 0 Å². The number of unbranched alkanes of at least 4 members (excludes halogenated alkanes) is 6. The Hall–Kier alpha value is -0.0900. The zero-order chi connectivity index (χ0) is 14.1. The molecule has 4 heteroatoms. The first-order chi connectivity index (χ1) is 9.09. The molecule has 1 aliphatic heterocycles. The Balaban J connectivity index is 2.12. The van der Waals surface area contributed by atoms with Crippen molar-refractivity contribution in [1.29, 1.82) is 0 Å². The minimum Gasteiger partial charge on any atom is -0.317 e. The van der Waals surface area contributed by atoms with Gasteiger partial charge in [0.15, 0.2) is 9.84 Å². The summed E-state index contributed by atoms with van der Waals surface area (Å²) >= 11 is 0. The van der Waals surface area contributed by atoms with Gasteiger partial charge in [0, 0.05) is 6.04 Å². The predicted octanol–water partition coefficient (Wildman–Crippen LogP) is 3.15. The van der Waals surface area contributed by atoms with Crippen molar-refractivity contribution >= 4 is 9.84 Å². The molecule has 0 radical (unpaired) electrons. The lowest BCUT2D eigenvalue weighted by atomic mass is 9.94. The van der Waals surface area contributed by atoms with E-state index in [9.17, 15) is 8.42 Å². The molecular weight excluding hydrogens is 258 g/mol. The summed E-state index contributed by atoms with van der Waals surface area (Å²) in [4.78, 5) is 0. The van der Waals surface area contributed by atoms with Crippen LogP contribution in [0.3, 0.4) is 0 Å². The maximum absolute atomic E-state index is 11.5. The summed E-state index contributed by atoms with van der Waals surface area (Å²) in [6, 6.07) is 0.396. The van der Waals surface area contributed by atoms with Crippen LogP contribution in [0.5, 0.6) is 0 Å². The zero-order valence-electron chi connectivity index (χ0n) is 12.7. The third-order valence-electron chi connectivity index (χ3n) is 4.33. The molecule has 1 heterocycles. The number of hydrogen-bond acceptors (Lipinski definition) is 3. The average Bonchev–Trinajstić information content (AvgIpc) is 2.73. The first kappa shape index (κ1) is 17.0. The summed E-state index contributed by atoms with van der Waals surface area (Å²) in [5, 5.41) is 3.33. The van der Waals surface area contributed by atoms with Crippen LogP contribution in [0.4, 0.5) is 0 Å². The maximum atomic E-state index is 11.5. The molecule has 2 unspecified atom stereocenters. The molecule has 0 spiro atoms. The fourth-order valence-electron chi connectivity index (χ4n) is 3.08. The van der Waals surface area contributed by atoms with Gasteiger partial charge >= 0.3 is 0 Å². The lowest BCUT2D eigenvalue weighted by Gasteiger charge is -2.21. The summed E-state index contributed by atoms with van der Waals surface area (Å²) < 4.78 is 23.0. The van der Waals surface area contributed by atoms with E-state index < -0.39 is 9.84 Å². The summed E-state index contributed by atoms with van der Waals surface area (Å²) in [5.41, 5.74) is 0. The molecule has 1 rings (SSSR count). The van der Waals surface area contributed by atoms with Crippen LogP contribution in [-0.2, 0) is 9.84 Å². The Morgan fingerprint density at radius 3 is 2.26 bits per heavy atom. The molecule has 0 aromatic carbocycles. The molecular formula is C15H31NO2S. The number of hydrogen-bond donors (Lipinski definition) is 1. The van der Waals surface area contributed by atoms with E-state index in [1.165, 1.54) is 44.9 Å². The Kier molecular flexibility index (Phi) is 8.00. The van der Waals surface area contributed by atoms with Crippen molar-refractivity contribution in [3.05, 3.63) is 0 Å². The molecule has 1 aliphatic rings. The fourth-order valence-corrected chi connectivity index (χ4v) is 4.96. The molecule has 3 nitrogen and oxygen atoms in total. The minimum absolute atomic E-state index is 0.343. The minimum atomic E-state index is -2.74. The third-order valence-corrected chi connectivity index (χ3v) is 6.12. The van der Waals surface area contributed by atoms with Crippen molar-refractivity contribution in [2.75, 3.05) is 18.6 Å². The average molecular weight is 289 g/mol. The second-order valence-electron chi connectivity index (χ2n) is 5.97. The quantitative estimate of drug-likeness (QED) is 0.628. The smallest absolute Gasteiger partial charge is 0.150 e. The van der Waals surface area contributed by atoms with Crippen molar-refractivity contribution in [3.63, 3.8) is 0 Å². The Morgan fingerprint density at radius 1 is 1.11 bits per heavy atom. The highest BCUT2D eigenvalue weighted by atomic mass is 32.2. The van der Waals surface area contributed by atoms with Gasteiger partial charge in [-0.15, -0.1) is 0 Å². The van der Waals surface area contributed by atoms with Gasteiger partial charge < -0.3 is 5.32 Å². The van der Waals surface area contributed by atoms with Gasteiger partial charge in [0.25, 0.3) is 0 Å². The summed E-state index contributed by atoms with van der Waals surface area (Å²) in [6.45, 7) is 2.24. The first-order valence-electron chi connectivity index (χ1n) is 7.96. The van der Waals surface area contributed by atoms with Gasteiger partial charge in [-0.3, -0.25) is 0 Å². The Morgan fingerprint density at radius 2 is 1.74 bits per heavy atom. The van der Waals surface area contributed by atoms with Gasteiger partial charge in [-0.1, -0.05) is 51.9 Å². The van der Waals surface area contributed by atoms with Crippen LogP contribution in [0.15, 0.2) is 0 Å². The van der Waals surface area contributed by atoms with Crippen LogP contribution in [0.2, 0.25) is 0 Å². The Bertz CT molecular complexity index is 327. The van der Waals surface area contributed by atoms with E-state index in [2.05, 4.69) is 12.2 Å². The molecule has 1 fully saturated rings. The normalized spacial score (nSPS) is 23.6. The van der Waals surface area contributed by atoms with Crippen LogP contribution < -0.4 is 5.32 Å². The van der Waals surface area contributed by atoms with Crippen LogP contribution in [0.25, 0.3) is 0 Å². The monoisotopic (exact) mass is 289 g/mol. The molecule has 0 aliphatic carbocycles. The highest BCUT2D eigenvalue weighted by molar-refractivity contribution is 7.91. The maximum Gasteiger partial charge on any atom is 0.150 e. The number of rotatable bonds is 10. The zero-order valence-corrected chi connectivity index (χ0v) is 13.5. The van der Waals surface area contributed by atoms with Gasteiger partial charge in [0.05, 0.1) is 11.5 Å². The van der Waals surface area contributed by atoms with Gasteiger partial charge in [-0.25, -0.2) is 8.42 Å². The van der Waals surface area contributed by atoms with Crippen molar-refractivity contribution in [1.82, 2.24) is 5.32 Å². The molecule has 19 heavy (non-hydrogen) atoms. The lowest BCUT2D eigenvalue weighted by Crippen LogP contribution is -2.34. The predicted molar refractivity (Wildman–Crippen MR) is 82.2 cm³/mol. The van der Waals surface area contributed by atoms with E-state index in [-0.39, 0.29) is 0 Å². The van der Waals surface area contributed by atoms with E-state index in [1.807, 2.05) is 7.05 Å². The molecule has 0 aromatic heterocycles. The summed E-state index contributed by atoms with van der Waals surface area (Å²) in [6.07, 6.45) is 11.2. The molecule has 0 bridgehead atoms. The highest BCUT2D eigenvalue weighted by Crippen LogP contribution is 2.24. The van der Waals surface area contributed by atoms with E-state index in [4.69, 9.17) is 0 Å². The highest BCUT2D eigenvalue weighted by Gasteiger charge is 2.32. The fraction of sp³-hybridized carbons (Fsp3) is 1.00. The second-order valence-corrected chi connectivity index (χ2v) is 8.20. The second kappa shape index (κ2) is 8.96. The number of sulfone groups is 1. The van der Waals surface area contributed by atoms with Gasteiger partial charge in [-0.05, 0) is 25.8 Å². The molecule has 0 saturated carbocycles. The van der Waals surface area contributed by atoms with Crippen LogP contribution in [0.1, 0.15) is 64.7 Å². The Labute approximate surface area is 119 Å². The van der Waals surface area contributed by atoms with Gasteiger partial charge in [-0.2, -0.15) is 0 Å². The van der Waals surface area contributed by atoms with Crippen LogP contribution >= 0.6 is 0 Å². The van der Waals surface area contributed by atoms with Crippen LogP contribution in [0, 0.1) is 5.92 Å². The summed E-state index contributed by atoms with van der Waals surface area (Å²) in [5.74, 6) is 1.14. The molecule has 1 saturated heterocycles. The van der Waals surface area contributed by atoms with Crippen molar-refractivity contribution < 1.29 is 8.42 Å². The third kappa shape index (κ3) is 6.75. The van der Waals surface area contributed by atoms with E-state index >= 15 is 0 Å². The van der Waals surface area contributed by atoms with Crippen molar-refractivity contribution in [3.8, 4) is 0 Å². The number of nitrogens with one attached hydrogen (secondary N) is 1. The largest absolute Gasteiger partial charge is 0.317 e. The molecule has 0 aromatic rings. The molecule has 114 valence electrons. The molecule has 2 atom stereocenters. The molecule has 0 amide bonds. The summed E-state index contributed by atoms with van der Waals surface area (Å²) in [7, 11) is -0.767. The SMILES string of the molecule is CCCCCCCCCC(NC)C1CCS(=O)(=O)C1. The standard InChI is InChI=1S/C15H31NO2S/c1-3-4-5-6-7-8-9-10-15(16-2)14-11-12-19(17,18)13-14/h14-16H,3-13H2,1-2H3. The lowest BCUT2D eigenvalue weighted by molar-refractivity contribution is 0.369. The van der Waals surface area contributed by atoms with Crippen molar-refractivity contribution in [2.24, 2.45) is 5.92 Å². The first-order valence-corrected chi connectivity index (χ1v) is 9.79. The van der Waals surface area contributed by atoms with E-state index in [1.54, 1.807) is 0 Å². The van der Waals surface area contributed by atoms with Crippen molar-refractivity contribution in [2.45, 2.75) is 70.8 Å². The molecule has 1 N–H and O–H groups in total.